The Hall–Kier alpha value is -2.66. The van der Waals surface area contributed by atoms with Crippen molar-refractivity contribution in [2.24, 2.45) is 0 Å². The predicted molar refractivity (Wildman–Crippen MR) is 136 cm³/mol. The SMILES string of the molecule is Cc1cccc(N2CCN(CC(O)COC(c3ccccc3)c3ccccc3C)CC2C)c1. The average molecular weight is 445 g/mol. The number of hydrogen-bond acceptors (Lipinski definition) is 4. The van der Waals surface area contributed by atoms with Crippen LogP contribution in [0.3, 0.4) is 0 Å². The van der Waals surface area contributed by atoms with Gasteiger partial charge in [0.25, 0.3) is 0 Å². The molecule has 1 saturated heterocycles. The number of ether oxygens (including phenoxy) is 1. The summed E-state index contributed by atoms with van der Waals surface area (Å²) < 4.78 is 6.34. The zero-order valence-corrected chi connectivity index (χ0v) is 20.0. The lowest BCUT2D eigenvalue weighted by Crippen LogP contribution is -2.53. The average Bonchev–Trinajstić information content (AvgIpc) is 2.81. The zero-order chi connectivity index (χ0) is 23.2. The maximum absolute atomic E-state index is 10.8. The van der Waals surface area contributed by atoms with E-state index in [1.54, 1.807) is 0 Å². The van der Waals surface area contributed by atoms with Crippen LogP contribution in [-0.4, -0.2) is 54.9 Å². The van der Waals surface area contributed by atoms with Crippen LogP contribution in [0.2, 0.25) is 0 Å². The van der Waals surface area contributed by atoms with Crippen LogP contribution in [0.5, 0.6) is 0 Å². The molecule has 0 amide bonds. The van der Waals surface area contributed by atoms with E-state index in [9.17, 15) is 5.11 Å². The zero-order valence-electron chi connectivity index (χ0n) is 20.0. The van der Waals surface area contributed by atoms with Gasteiger partial charge >= 0.3 is 0 Å². The summed E-state index contributed by atoms with van der Waals surface area (Å²) in [5.41, 5.74) is 6.03. The summed E-state index contributed by atoms with van der Waals surface area (Å²) in [4.78, 5) is 4.83. The lowest BCUT2D eigenvalue weighted by Gasteiger charge is -2.42. The van der Waals surface area contributed by atoms with Crippen LogP contribution < -0.4 is 4.90 Å². The summed E-state index contributed by atoms with van der Waals surface area (Å²) in [6, 6.07) is 27.7. The highest BCUT2D eigenvalue weighted by atomic mass is 16.5. The first kappa shape index (κ1) is 23.5. The van der Waals surface area contributed by atoms with E-state index >= 15 is 0 Å². The molecule has 174 valence electrons. The molecule has 1 N–H and O–H groups in total. The van der Waals surface area contributed by atoms with E-state index in [2.05, 4.69) is 79.1 Å². The van der Waals surface area contributed by atoms with Crippen LogP contribution in [0, 0.1) is 13.8 Å². The van der Waals surface area contributed by atoms with Crippen LogP contribution in [0.25, 0.3) is 0 Å². The molecular formula is C29H36N2O2. The van der Waals surface area contributed by atoms with Crippen molar-refractivity contribution in [2.75, 3.05) is 37.7 Å². The van der Waals surface area contributed by atoms with E-state index in [0.717, 1.165) is 30.8 Å². The molecule has 4 rings (SSSR count). The molecule has 4 nitrogen and oxygen atoms in total. The molecule has 1 heterocycles. The Morgan fingerprint density at radius 3 is 2.42 bits per heavy atom. The van der Waals surface area contributed by atoms with E-state index in [-0.39, 0.29) is 6.10 Å². The lowest BCUT2D eigenvalue weighted by atomic mass is 9.97. The number of aliphatic hydroxyl groups excluding tert-OH is 1. The second-order valence-corrected chi connectivity index (χ2v) is 9.28. The highest BCUT2D eigenvalue weighted by molar-refractivity contribution is 5.49. The lowest BCUT2D eigenvalue weighted by molar-refractivity contribution is -0.0104. The Morgan fingerprint density at radius 1 is 0.939 bits per heavy atom. The Kier molecular flexibility index (Phi) is 7.81. The summed E-state index contributed by atoms with van der Waals surface area (Å²) in [6.07, 6.45) is -0.711. The molecule has 4 heteroatoms. The highest BCUT2D eigenvalue weighted by Crippen LogP contribution is 2.29. The van der Waals surface area contributed by atoms with Gasteiger partial charge in [0.05, 0.1) is 12.7 Å². The van der Waals surface area contributed by atoms with E-state index in [4.69, 9.17) is 4.74 Å². The number of aliphatic hydroxyl groups is 1. The summed E-state index contributed by atoms with van der Waals surface area (Å²) in [5, 5.41) is 10.8. The molecule has 0 bridgehead atoms. The van der Waals surface area contributed by atoms with Gasteiger partial charge in [0.15, 0.2) is 0 Å². The van der Waals surface area contributed by atoms with Crippen molar-refractivity contribution in [3.8, 4) is 0 Å². The number of β-amino-alcohol motifs (C(OH)–C–C–N with tert-alkyl or cyclic N) is 1. The molecule has 1 fully saturated rings. The number of aryl methyl sites for hydroxylation is 2. The first-order chi connectivity index (χ1) is 16.0. The molecule has 0 aliphatic carbocycles. The normalized spacial score (nSPS) is 18.8. The number of nitrogens with zero attached hydrogens (tertiary/aromatic N) is 2. The van der Waals surface area contributed by atoms with Crippen molar-refractivity contribution >= 4 is 5.69 Å². The quantitative estimate of drug-likeness (QED) is 0.532. The van der Waals surface area contributed by atoms with E-state index in [0.29, 0.717) is 19.2 Å². The molecule has 1 aliphatic heterocycles. The predicted octanol–water partition coefficient (Wildman–Crippen LogP) is 4.98. The first-order valence-corrected chi connectivity index (χ1v) is 12.0. The molecule has 0 radical (unpaired) electrons. The van der Waals surface area contributed by atoms with Crippen LogP contribution in [0.1, 0.15) is 35.3 Å². The number of benzene rings is 3. The van der Waals surface area contributed by atoms with E-state index < -0.39 is 6.10 Å². The summed E-state index contributed by atoms with van der Waals surface area (Å²) in [7, 11) is 0. The Morgan fingerprint density at radius 2 is 1.70 bits per heavy atom. The monoisotopic (exact) mass is 444 g/mol. The van der Waals surface area contributed by atoms with E-state index in [1.807, 2.05) is 30.3 Å². The summed E-state index contributed by atoms with van der Waals surface area (Å²) in [6.45, 7) is 10.3. The van der Waals surface area contributed by atoms with Gasteiger partial charge in [0.2, 0.25) is 0 Å². The smallest absolute Gasteiger partial charge is 0.108 e. The molecular weight excluding hydrogens is 408 g/mol. The number of piperazine rings is 1. The minimum Gasteiger partial charge on any atom is -0.389 e. The number of rotatable bonds is 8. The highest BCUT2D eigenvalue weighted by Gasteiger charge is 2.26. The molecule has 0 spiro atoms. The third-order valence-electron chi connectivity index (χ3n) is 6.54. The summed E-state index contributed by atoms with van der Waals surface area (Å²) in [5.74, 6) is 0. The molecule has 33 heavy (non-hydrogen) atoms. The molecule has 3 atom stereocenters. The van der Waals surface area contributed by atoms with Crippen molar-refractivity contribution in [1.82, 2.24) is 4.90 Å². The molecule has 0 saturated carbocycles. The minimum absolute atomic E-state index is 0.181. The van der Waals surface area contributed by atoms with Gasteiger partial charge in [-0.2, -0.15) is 0 Å². The van der Waals surface area contributed by atoms with Crippen LogP contribution in [-0.2, 0) is 4.74 Å². The fourth-order valence-electron chi connectivity index (χ4n) is 4.82. The van der Waals surface area contributed by atoms with Crippen molar-refractivity contribution < 1.29 is 9.84 Å². The first-order valence-electron chi connectivity index (χ1n) is 12.0. The standard InChI is InChI=1S/C29H36N2O2/c1-22-10-9-14-26(18-22)31-17-16-30(19-24(31)3)20-27(32)21-33-29(25-12-5-4-6-13-25)28-15-8-7-11-23(28)2/h4-15,18,24,27,29,32H,16-17,19-21H2,1-3H3. The van der Waals surface area contributed by atoms with Gasteiger partial charge < -0.3 is 14.7 Å². The van der Waals surface area contributed by atoms with Crippen molar-refractivity contribution in [1.29, 1.82) is 0 Å². The molecule has 0 aromatic heterocycles. The van der Waals surface area contributed by atoms with Gasteiger partial charge in [-0.1, -0.05) is 66.7 Å². The maximum Gasteiger partial charge on any atom is 0.108 e. The third kappa shape index (κ3) is 6.02. The van der Waals surface area contributed by atoms with E-state index in [1.165, 1.54) is 16.8 Å². The Bertz CT molecular complexity index is 1020. The van der Waals surface area contributed by atoms with Crippen molar-refractivity contribution in [3.05, 3.63) is 101 Å². The molecule has 1 aliphatic rings. The van der Waals surface area contributed by atoms with Gasteiger partial charge in [0.1, 0.15) is 6.10 Å². The van der Waals surface area contributed by atoms with Gasteiger partial charge in [-0.25, -0.2) is 0 Å². The fourth-order valence-corrected chi connectivity index (χ4v) is 4.82. The second-order valence-electron chi connectivity index (χ2n) is 9.28. The van der Waals surface area contributed by atoms with Crippen molar-refractivity contribution in [2.45, 2.75) is 39.0 Å². The Labute approximate surface area is 198 Å². The third-order valence-corrected chi connectivity index (χ3v) is 6.54. The van der Waals surface area contributed by atoms with Gasteiger partial charge in [-0.05, 0) is 55.2 Å². The fraction of sp³-hybridized carbons (Fsp3) is 0.379. The molecule has 3 aromatic rings. The largest absolute Gasteiger partial charge is 0.389 e. The molecule has 3 unspecified atom stereocenters. The van der Waals surface area contributed by atoms with Gasteiger partial charge in [-0.3, -0.25) is 4.90 Å². The minimum atomic E-state index is -0.530. The van der Waals surface area contributed by atoms with Crippen molar-refractivity contribution in [3.63, 3.8) is 0 Å². The number of hydrogen-bond donors (Lipinski definition) is 1. The number of anilines is 1. The van der Waals surface area contributed by atoms with Gasteiger partial charge in [-0.15, -0.1) is 0 Å². The van der Waals surface area contributed by atoms with Crippen LogP contribution in [0.4, 0.5) is 5.69 Å². The second kappa shape index (κ2) is 11.0. The van der Waals surface area contributed by atoms with Gasteiger partial charge in [0, 0.05) is 37.9 Å². The summed E-state index contributed by atoms with van der Waals surface area (Å²) >= 11 is 0. The van der Waals surface area contributed by atoms with Crippen LogP contribution >= 0.6 is 0 Å². The topological polar surface area (TPSA) is 35.9 Å². The molecule has 3 aromatic carbocycles. The maximum atomic E-state index is 10.8. The van der Waals surface area contributed by atoms with Crippen LogP contribution in [0.15, 0.2) is 78.9 Å². The Balaban J connectivity index is 1.35.